The highest BCUT2D eigenvalue weighted by molar-refractivity contribution is 7.92. The number of benzene rings is 1. The van der Waals surface area contributed by atoms with E-state index in [1.807, 2.05) is 31.2 Å². The average molecular weight is 345 g/mol. The minimum Gasteiger partial charge on any atom is -0.383 e. The fourth-order valence-corrected chi connectivity index (χ4v) is 3.28. The molecule has 1 aromatic carbocycles. The first-order valence-corrected chi connectivity index (χ1v) is 9.33. The van der Waals surface area contributed by atoms with Gasteiger partial charge in [0.2, 0.25) is 11.1 Å². The van der Waals surface area contributed by atoms with Crippen LogP contribution >= 0.6 is 0 Å². The minimum absolute atomic E-state index is 0.0944. The lowest BCUT2D eigenvalue weighted by atomic mass is 10.1. The van der Waals surface area contributed by atoms with Crippen molar-refractivity contribution in [3.8, 4) is 0 Å². The lowest BCUT2D eigenvalue weighted by molar-refractivity contribution is -0.117. The molecular formula is C16H19N5O2S. The van der Waals surface area contributed by atoms with Crippen LogP contribution in [0.1, 0.15) is 23.6 Å². The van der Waals surface area contributed by atoms with Gasteiger partial charge in [0.25, 0.3) is 0 Å². The first kappa shape index (κ1) is 16.4. The summed E-state index contributed by atoms with van der Waals surface area (Å²) in [5.41, 5.74) is 8.56. The summed E-state index contributed by atoms with van der Waals surface area (Å²) < 4.78 is 20.2. The van der Waals surface area contributed by atoms with Crippen LogP contribution in [0, 0.1) is 11.7 Å². The van der Waals surface area contributed by atoms with E-state index in [0.29, 0.717) is 17.9 Å². The Morgan fingerprint density at radius 2 is 1.96 bits per heavy atom. The largest absolute Gasteiger partial charge is 0.383 e. The average Bonchev–Trinajstić information content (AvgIpc) is 2.86. The van der Waals surface area contributed by atoms with Gasteiger partial charge in [0.05, 0.1) is 13.0 Å². The van der Waals surface area contributed by atoms with Gasteiger partial charge in [-0.15, -0.1) is 0 Å². The number of nitrogen functional groups attached to an aromatic ring is 1. The third kappa shape index (κ3) is 2.84. The van der Waals surface area contributed by atoms with E-state index in [9.17, 15) is 9.00 Å². The van der Waals surface area contributed by atoms with Crippen molar-refractivity contribution >= 4 is 27.3 Å². The Morgan fingerprint density at radius 1 is 1.29 bits per heavy atom. The number of hydrogen-bond acceptors (Lipinski definition) is 6. The van der Waals surface area contributed by atoms with Crippen LogP contribution in [0.4, 0.5) is 11.6 Å². The number of carbonyl (C=O) groups is 1. The maximum Gasteiger partial charge on any atom is 0.233 e. The number of nitrogens with two attached hydrogens (primary N) is 1. The normalized spacial score (nSPS) is 16.1. The molecule has 7 nitrogen and oxygen atoms in total. The minimum atomic E-state index is -3.10. The fourth-order valence-electron chi connectivity index (χ4n) is 2.54. The van der Waals surface area contributed by atoms with Crippen LogP contribution in [0.5, 0.6) is 0 Å². The number of hydrogen-bond donors (Lipinski definition) is 2. The summed E-state index contributed by atoms with van der Waals surface area (Å²) in [5, 5.41) is -0.107. The molecule has 2 aromatic rings. The first-order valence-electron chi connectivity index (χ1n) is 7.60. The molecule has 2 heterocycles. The van der Waals surface area contributed by atoms with E-state index >= 15 is 0 Å². The molecule has 1 aliphatic rings. The van der Waals surface area contributed by atoms with E-state index in [2.05, 4.69) is 9.97 Å². The summed E-state index contributed by atoms with van der Waals surface area (Å²) in [6, 6.07) is 7.85. The molecule has 0 radical (unpaired) electrons. The number of anilines is 2. The third-order valence-electron chi connectivity index (χ3n) is 4.04. The zero-order valence-electron chi connectivity index (χ0n) is 13.6. The number of aryl methyl sites for hydroxylation is 1. The van der Waals surface area contributed by atoms with Crippen LogP contribution in [0.3, 0.4) is 0 Å². The predicted molar refractivity (Wildman–Crippen MR) is 92.2 cm³/mol. The van der Waals surface area contributed by atoms with Gasteiger partial charge in [0, 0.05) is 11.3 Å². The first-order chi connectivity index (χ1) is 11.3. The van der Waals surface area contributed by atoms with Gasteiger partial charge in [0.15, 0.2) is 0 Å². The molecule has 126 valence electrons. The Balaban J connectivity index is 2.03. The van der Waals surface area contributed by atoms with E-state index in [4.69, 9.17) is 10.5 Å². The van der Waals surface area contributed by atoms with Crippen LogP contribution in [-0.2, 0) is 27.5 Å². The second kappa shape index (κ2) is 5.86. The van der Waals surface area contributed by atoms with Gasteiger partial charge in [-0.25, -0.2) is 19.0 Å². The molecule has 3 rings (SSSR count). The van der Waals surface area contributed by atoms with Gasteiger partial charge in [-0.3, -0.25) is 9.69 Å². The summed E-state index contributed by atoms with van der Waals surface area (Å²) in [5.74, 6) is 0.466. The van der Waals surface area contributed by atoms with Crippen LogP contribution in [0.2, 0.25) is 0 Å². The second-order valence-corrected chi connectivity index (χ2v) is 8.09. The topological polar surface area (TPSA) is 113 Å². The molecule has 0 fully saturated rings. The molecular weight excluding hydrogens is 326 g/mol. The molecule has 0 unspecified atom stereocenters. The lowest BCUT2D eigenvalue weighted by Crippen LogP contribution is -2.27. The second-order valence-electron chi connectivity index (χ2n) is 5.80. The molecule has 0 saturated heterocycles. The van der Waals surface area contributed by atoms with E-state index in [1.165, 1.54) is 4.90 Å². The van der Waals surface area contributed by atoms with Gasteiger partial charge in [-0.2, -0.15) is 0 Å². The zero-order chi connectivity index (χ0) is 17.5. The van der Waals surface area contributed by atoms with Gasteiger partial charge in [-0.05, 0) is 12.5 Å². The number of amides is 1. The molecule has 1 aromatic heterocycles. The van der Waals surface area contributed by atoms with E-state index in [-0.39, 0.29) is 29.1 Å². The zero-order valence-corrected chi connectivity index (χ0v) is 14.4. The van der Waals surface area contributed by atoms with Crippen molar-refractivity contribution in [1.29, 1.82) is 4.78 Å². The fraction of sp³-hybridized carbons (Fsp3) is 0.312. The highest BCUT2D eigenvalue weighted by Crippen LogP contribution is 2.32. The number of nitrogens with zero attached hydrogens (tertiary/aromatic N) is 3. The Kier molecular flexibility index (Phi) is 4.00. The monoisotopic (exact) mass is 345 g/mol. The van der Waals surface area contributed by atoms with Crippen molar-refractivity contribution in [2.75, 3.05) is 16.4 Å². The molecule has 8 heteroatoms. The highest BCUT2D eigenvalue weighted by atomic mass is 32.2. The lowest BCUT2D eigenvalue weighted by Gasteiger charge is -2.17. The van der Waals surface area contributed by atoms with Crippen molar-refractivity contribution in [3.05, 3.63) is 41.0 Å². The Labute approximate surface area is 140 Å². The summed E-state index contributed by atoms with van der Waals surface area (Å²) in [6.45, 7) is 3.99. The standard InChI is InChI=1S/C16H19N5O2S/c1-3-24(18,23)16-19-14(17)12-8-13(22)21(15(12)20-16)9-11-6-4-10(2)5-7-11/h4-7,18H,3,8-9H2,1-2H3,(H2,17,19,20)/t24-/m0/s1. The Morgan fingerprint density at radius 3 is 2.58 bits per heavy atom. The molecule has 0 saturated carbocycles. The van der Waals surface area contributed by atoms with Crippen molar-refractivity contribution in [2.45, 2.75) is 32.0 Å². The van der Waals surface area contributed by atoms with E-state index in [1.54, 1.807) is 6.92 Å². The molecule has 24 heavy (non-hydrogen) atoms. The number of rotatable bonds is 4. The predicted octanol–water partition coefficient (Wildman–Crippen LogP) is 1.88. The van der Waals surface area contributed by atoms with Crippen LogP contribution < -0.4 is 10.6 Å². The van der Waals surface area contributed by atoms with Gasteiger partial charge in [0.1, 0.15) is 21.4 Å². The Hall–Kier alpha value is -2.48. The quantitative estimate of drug-likeness (QED) is 0.822. The van der Waals surface area contributed by atoms with Crippen LogP contribution in [0.15, 0.2) is 29.4 Å². The van der Waals surface area contributed by atoms with Crippen molar-refractivity contribution in [2.24, 2.45) is 0 Å². The molecule has 0 bridgehead atoms. The maximum atomic E-state index is 12.4. The van der Waals surface area contributed by atoms with Crippen LogP contribution in [-0.4, -0.2) is 25.8 Å². The van der Waals surface area contributed by atoms with Crippen molar-refractivity contribution in [1.82, 2.24) is 9.97 Å². The molecule has 3 N–H and O–H groups in total. The van der Waals surface area contributed by atoms with E-state index in [0.717, 1.165) is 11.1 Å². The van der Waals surface area contributed by atoms with E-state index < -0.39 is 9.73 Å². The smallest absolute Gasteiger partial charge is 0.233 e. The number of aromatic nitrogens is 2. The number of fused-ring (bicyclic) bond motifs is 1. The van der Waals surface area contributed by atoms with Gasteiger partial charge >= 0.3 is 0 Å². The molecule has 0 aliphatic carbocycles. The molecule has 1 aliphatic heterocycles. The summed E-state index contributed by atoms with van der Waals surface area (Å²) in [4.78, 5) is 22.1. The van der Waals surface area contributed by atoms with Crippen LogP contribution in [0.25, 0.3) is 0 Å². The van der Waals surface area contributed by atoms with Gasteiger partial charge in [-0.1, -0.05) is 36.8 Å². The van der Waals surface area contributed by atoms with Crippen molar-refractivity contribution < 1.29 is 9.00 Å². The van der Waals surface area contributed by atoms with Gasteiger partial charge < -0.3 is 5.73 Å². The maximum absolute atomic E-state index is 12.4. The molecule has 1 atom stereocenters. The highest BCUT2D eigenvalue weighted by Gasteiger charge is 2.33. The molecule has 0 spiro atoms. The Bertz CT molecular complexity index is 907. The molecule has 1 amide bonds. The third-order valence-corrected chi connectivity index (χ3v) is 5.63. The van der Waals surface area contributed by atoms with Crippen molar-refractivity contribution in [3.63, 3.8) is 0 Å². The summed E-state index contributed by atoms with van der Waals surface area (Å²) >= 11 is 0. The SMILES string of the molecule is CC[S@](=N)(=O)c1nc(N)c2c(n1)N(Cc1ccc(C)cc1)C(=O)C2. The number of nitrogens with one attached hydrogen (secondary N) is 1. The number of carbonyl (C=O) groups excluding carboxylic acids is 1. The summed E-state index contributed by atoms with van der Waals surface area (Å²) in [7, 11) is -3.10. The summed E-state index contributed by atoms with van der Waals surface area (Å²) in [6.07, 6.45) is 0.124.